The zero-order valence-electron chi connectivity index (χ0n) is 29.9. The average molecular weight is 705 g/mol. The number of hydrogen-bond donors (Lipinski definition) is 3. The largest absolute Gasteiger partial charge is 0.379 e. The molecule has 276 valence electrons. The number of ether oxygens (including phenoxy) is 1. The van der Waals surface area contributed by atoms with Crippen LogP contribution in [0.15, 0.2) is 60.7 Å². The van der Waals surface area contributed by atoms with Crippen molar-refractivity contribution in [2.75, 3.05) is 77.4 Å². The van der Waals surface area contributed by atoms with Crippen molar-refractivity contribution in [2.45, 2.75) is 58.4 Å². The normalized spacial score (nSPS) is 17.1. The molecule has 0 spiro atoms. The Morgan fingerprint density at radius 3 is 2.02 bits per heavy atom. The third-order valence-corrected chi connectivity index (χ3v) is 9.95. The fraction of sp³-hybridized carbons (Fsp3) is 0.526. The van der Waals surface area contributed by atoms with Gasteiger partial charge in [0.15, 0.2) is 0 Å². The molecule has 0 amide bonds. The second kappa shape index (κ2) is 18.9. The van der Waals surface area contributed by atoms with Gasteiger partial charge in [0, 0.05) is 43.8 Å². The molecule has 3 aromatic rings. The number of rotatable bonds is 19. The van der Waals surface area contributed by atoms with Gasteiger partial charge in [0.2, 0.25) is 0 Å². The third kappa shape index (κ3) is 9.80. The second-order valence-corrected chi connectivity index (χ2v) is 12.7. The molecule has 1 fully saturated rings. The highest BCUT2D eigenvalue weighted by molar-refractivity contribution is 5.46. The van der Waals surface area contributed by atoms with Crippen LogP contribution in [0, 0.1) is 29.1 Å². The Labute approximate surface area is 294 Å². The number of benzene rings is 3. The number of nitrogens with one attached hydrogen (secondary N) is 3. The summed E-state index contributed by atoms with van der Waals surface area (Å²) < 4.78 is 80.5. The molecule has 0 aromatic heterocycles. The Balaban J connectivity index is 1.82. The first-order chi connectivity index (χ1) is 24.1. The van der Waals surface area contributed by atoms with Crippen LogP contribution >= 0.6 is 0 Å². The fourth-order valence-corrected chi connectivity index (χ4v) is 7.12. The topological polar surface area (TPSA) is 55.0 Å². The maximum Gasteiger partial charge on any atom is 0.146 e. The van der Waals surface area contributed by atoms with E-state index < -0.39 is 46.8 Å². The van der Waals surface area contributed by atoms with E-state index in [0.29, 0.717) is 51.5 Å². The van der Waals surface area contributed by atoms with Gasteiger partial charge >= 0.3 is 0 Å². The van der Waals surface area contributed by atoms with Crippen molar-refractivity contribution in [1.82, 2.24) is 25.3 Å². The van der Waals surface area contributed by atoms with Gasteiger partial charge in [-0.2, -0.15) is 0 Å². The van der Waals surface area contributed by atoms with E-state index in [9.17, 15) is 13.2 Å². The van der Waals surface area contributed by atoms with E-state index >= 15 is 8.78 Å². The molecule has 3 N–H and O–H groups in total. The monoisotopic (exact) mass is 704 g/mol. The molecule has 1 heterocycles. The molecule has 50 heavy (non-hydrogen) atoms. The van der Waals surface area contributed by atoms with Crippen LogP contribution in [-0.2, 0) is 10.4 Å². The summed E-state index contributed by atoms with van der Waals surface area (Å²) >= 11 is 0. The summed E-state index contributed by atoms with van der Waals surface area (Å²) in [5, 5.41) is 10.4. The van der Waals surface area contributed by atoms with E-state index in [-0.39, 0.29) is 30.4 Å². The van der Waals surface area contributed by atoms with Gasteiger partial charge in [-0.3, -0.25) is 20.0 Å². The molecule has 3 aromatic carbocycles. The van der Waals surface area contributed by atoms with Crippen molar-refractivity contribution in [3.05, 3.63) is 101 Å². The van der Waals surface area contributed by atoms with Crippen molar-refractivity contribution in [2.24, 2.45) is 0 Å². The Morgan fingerprint density at radius 1 is 0.760 bits per heavy atom. The minimum absolute atomic E-state index is 0.0210. The number of likely N-dealkylation sites (N-methyl/N-ethyl adjacent to an activating group) is 2. The van der Waals surface area contributed by atoms with Gasteiger partial charge in [-0.05, 0) is 87.2 Å². The van der Waals surface area contributed by atoms with E-state index in [1.54, 1.807) is 12.1 Å². The summed E-state index contributed by atoms with van der Waals surface area (Å²) in [6.45, 7) is 15.8. The number of anilines is 1. The molecule has 12 heteroatoms. The first-order valence-electron chi connectivity index (χ1n) is 17.8. The molecule has 4 unspecified atom stereocenters. The Kier molecular flexibility index (Phi) is 15.0. The summed E-state index contributed by atoms with van der Waals surface area (Å²) in [5.74, 6) is -2.75. The van der Waals surface area contributed by atoms with Crippen LogP contribution in [0.4, 0.5) is 27.6 Å². The lowest BCUT2D eigenvalue weighted by Gasteiger charge is -2.48. The summed E-state index contributed by atoms with van der Waals surface area (Å²) in [6.07, 6.45) is 0. The van der Waals surface area contributed by atoms with Crippen molar-refractivity contribution in [1.29, 1.82) is 0 Å². The molecule has 0 bridgehead atoms. The molecule has 1 aliphatic heterocycles. The standard InChI is InChI=1S/C38H53F5N6O/c1-6-47(7-2)27(5)24-44-37(32-22-30(40)13-15-33(32)42)36(48(8-3)9-4)25-46-38(49-17-19-50-20-18-49,28-11-10-12-29(39)21-28)26-45-35-23-31(41)14-16-34(35)43/h10-16,21-23,27,36-37,44-46H,6-9,17-20,24-26H2,1-5H3. The lowest BCUT2D eigenvalue weighted by atomic mass is 9.92. The highest BCUT2D eigenvalue weighted by Gasteiger charge is 2.42. The number of nitrogens with zero attached hydrogens (tertiary/aromatic N) is 3. The minimum atomic E-state index is -1.16. The Hall–Kier alpha value is -3.13. The first kappa shape index (κ1) is 39.7. The highest BCUT2D eigenvalue weighted by atomic mass is 19.1. The van der Waals surface area contributed by atoms with Gasteiger partial charge in [-0.1, -0.05) is 39.8 Å². The quantitative estimate of drug-likeness (QED) is 0.126. The Bertz CT molecular complexity index is 1490. The van der Waals surface area contributed by atoms with Crippen molar-refractivity contribution in [3.63, 3.8) is 0 Å². The molecular formula is C38H53F5N6O. The summed E-state index contributed by atoms with van der Waals surface area (Å²) in [4.78, 5) is 6.59. The van der Waals surface area contributed by atoms with Crippen LogP contribution in [0.3, 0.4) is 0 Å². The third-order valence-electron chi connectivity index (χ3n) is 9.95. The Morgan fingerprint density at radius 2 is 1.38 bits per heavy atom. The maximum absolute atomic E-state index is 15.7. The summed E-state index contributed by atoms with van der Waals surface area (Å²) in [6, 6.07) is 12.0. The van der Waals surface area contributed by atoms with Gasteiger partial charge in [-0.15, -0.1) is 0 Å². The van der Waals surface area contributed by atoms with E-state index in [1.165, 1.54) is 18.2 Å². The van der Waals surface area contributed by atoms with Crippen molar-refractivity contribution in [3.8, 4) is 0 Å². The molecule has 0 saturated carbocycles. The molecule has 7 nitrogen and oxygen atoms in total. The smallest absolute Gasteiger partial charge is 0.146 e. The van der Waals surface area contributed by atoms with Crippen molar-refractivity contribution >= 4 is 5.69 Å². The molecule has 0 aliphatic carbocycles. The lowest BCUT2D eigenvalue weighted by Crippen LogP contribution is -2.65. The molecule has 1 saturated heterocycles. The van der Waals surface area contributed by atoms with Crippen LogP contribution in [-0.4, -0.2) is 98.9 Å². The van der Waals surface area contributed by atoms with Crippen LogP contribution in [0.2, 0.25) is 0 Å². The fourth-order valence-electron chi connectivity index (χ4n) is 7.12. The number of halogens is 5. The van der Waals surface area contributed by atoms with Crippen LogP contribution < -0.4 is 16.0 Å². The zero-order chi connectivity index (χ0) is 36.3. The predicted molar refractivity (Wildman–Crippen MR) is 190 cm³/mol. The van der Waals surface area contributed by atoms with Gasteiger partial charge in [0.25, 0.3) is 0 Å². The molecule has 4 atom stereocenters. The van der Waals surface area contributed by atoms with Gasteiger partial charge in [-0.25, -0.2) is 22.0 Å². The van der Waals surface area contributed by atoms with Gasteiger partial charge in [0.05, 0.1) is 31.5 Å². The van der Waals surface area contributed by atoms with E-state index in [2.05, 4.69) is 51.4 Å². The van der Waals surface area contributed by atoms with Crippen molar-refractivity contribution < 1.29 is 26.7 Å². The van der Waals surface area contributed by atoms with Crippen LogP contribution in [0.5, 0.6) is 0 Å². The average Bonchev–Trinajstić information content (AvgIpc) is 3.12. The molecule has 4 rings (SSSR count). The highest BCUT2D eigenvalue weighted by Crippen LogP contribution is 2.32. The summed E-state index contributed by atoms with van der Waals surface area (Å²) in [5.41, 5.74) is -0.417. The number of hydrogen-bond acceptors (Lipinski definition) is 7. The molecular weight excluding hydrogens is 651 g/mol. The maximum atomic E-state index is 15.7. The number of morpholine rings is 1. The van der Waals surface area contributed by atoms with E-state index in [1.807, 2.05) is 13.8 Å². The van der Waals surface area contributed by atoms with Crippen LogP contribution in [0.1, 0.15) is 51.8 Å². The second-order valence-electron chi connectivity index (χ2n) is 12.7. The van der Waals surface area contributed by atoms with E-state index in [4.69, 9.17) is 4.74 Å². The van der Waals surface area contributed by atoms with E-state index in [0.717, 1.165) is 43.4 Å². The first-order valence-corrected chi connectivity index (χ1v) is 17.8. The zero-order valence-corrected chi connectivity index (χ0v) is 29.9. The minimum Gasteiger partial charge on any atom is -0.379 e. The SMILES string of the molecule is CCN(CC)C(C)CNC(c1cc(F)ccc1F)C(CNC(CNc1cc(F)ccc1F)(c1cccc(F)c1)N1CCOCC1)N(CC)CC. The lowest BCUT2D eigenvalue weighted by molar-refractivity contribution is -0.0382. The molecule has 1 aliphatic rings. The van der Waals surface area contributed by atoms with Gasteiger partial charge < -0.3 is 15.4 Å². The molecule has 0 radical (unpaired) electrons. The summed E-state index contributed by atoms with van der Waals surface area (Å²) in [7, 11) is 0. The van der Waals surface area contributed by atoms with Crippen LogP contribution in [0.25, 0.3) is 0 Å². The predicted octanol–water partition coefficient (Wildman–Crippen LogP) is 6.34. The van der Waals surface area contributed by atoms with Gasteiger partial charge in [0.1, 0.15) is 34.7 Å².